The first-order valence-electron chi connectivity index (χ1n) is 31.2. The van der Waals surface area contributed by atoms with Gasteiger partial charge in [-0.15, -0.1) is 11.3 Å². The van der Waals surface area contributed by atoms with Crippen LogP contribution in [0, 0.1) is 5.92 Å². The molecule has 9 amide bonds. The number of carbonyl (C=O) groups is 9. The Hall–Kier alpha value is -8.52. The first kappa shape index (κ1) is 72.9. The molecule has 3 aromatic carbocycles. The second-order valence-electron chi connectivity index (χ2n) is 24.8. The molecule has 0 saturated carbocycles. The van der Waals surface area contributed by atoms with Crippen LogP contribution in [0.25, 0.3) is 21.0 Å². The highest BCUT2D eigenvalue weighted by Crippen LogP contribution is 2.34. The van der Waals surface area contributed by atoms with Gasteiger partial charge in [-0.1, -0.05) is 44.9 Å². The van der Waals surface area contributed by atoms with E-state index < -0.39 is 183 Å². The molecule has 0 unspecified atom stereocenters. The van der Waals surface area contributed by atoms with Crippen molar-refractivity contribution in [3.05, 3.63) is 84.1 Å². The Bertz CT molecular complexity index is 3310. The number of β-amino-alcohol motifs (C(OH)–C–C–N with tert-alkyl or cyclic N) is 1. The highest BCUT2D eigenvalue weighted by molar-refractivity contribution is 7.18. The molecule has 29 nitrogen and oxygen atoms in total. The number of amides is 9. The lowest BCUT2D eigenvalue weighted by Crippen LogP contribution is -2.64. The molecular formula is C64H86N10O19S. The number of phenols is 1. The summed E-state index contributed by atoms with van der Waals surface area (Å²) in [6.07, 6.45) is -9.05. The van der Waals surface area contributed by atoms with Crippen LogP contribution in [0.3, 0.4) is 0 Å². The zero-order valence-corrected chi connectivity index (χ0v) is 54.0. The van der Waals surface area contributed by atoms with Crippen LogP contribution in [0.5, 0.6) is 17.2 Å². The van der Waals surface area contributed by atoms with Crippen molar-refractivity contribution in [2.75, 3.05) is 39.4 Å². The Morgan fingerprint density at radius 1 is 0.766 bits per heavy atom. The molecule has 7 rings (SSSR count). The van der Waals surface area contributed by atoms with E-state index in [0.717, 1.165) is 52.2 Å². The largest absolute Gasteiger partial charge is 0.504 e. The molecular weight excluding hydrogens is 1240 g/mol. The molecule has 3 saturated heterocycles. The minimum Gasteiger partial charge on any atom is -0.504 e. The highest BCUT2D eigenvalue weighted by Gasteiger charge is 2.50. The van der Waals surface area contributed by atoms with Crippen LogP contribution in [0.2, 0.25) is 0 Å². The quantitative estimate of drug-likeness (QED) is 0.0483. The van der Waals surface area contributed by atoms with Crippen LogP contribution in [-0.2, 0) is 44.7 Å². The zero-order chi connectivity index (χ0) is 68.7. The minimum atomic E-state index is -2.21. The third-order valence-electron chi connectivity index (χ3n) is 15.9. The summed E-state index contributed by atoms with van der Waals surface area (Å²) in [6.45, 7) is 8.82. The molecule has 512 valence electrons. The summed E-state index contributed by atoms with van der Waals surface area (Å²) in [5, 5.41) is 94.8. The number of thiazole rings is 1. The number of aromatic hydroxyl groups is 1. The maximum Gasteiger partial charge on any atom is 0.407 e. The molecule has 13 atom stereocenters. The van der Waals surface area contributed by atoms with Crippen molar-refractivity contribution in [3.8, 4) is 38.3 Å². The Kier molecular flexibility index (Phi) is 25.6. The van der Waals surface area contributed by atoms with Crippen LogP contribution >= 0.6 is 11.3 Å². The van der Waals surface area contributed by atoms with Crippen molar-refractivity contribution >= 4 is 64.7 Å². The van der Waals surface area contributed by atoms with Gasteiger partial charge >= 0.3 is 6.09 Å². The van der Waals surface area contributed by atoms with E-state index in [9.17, 15) is 78.9 Å². The van der Waals surface area contributed by atoms with Gasteiger partial charge in [0.1, 0.15) is 52.6 Å². The maximum atomic E-state index is 14.8. The fourth-order valence-electron chi connectivity index (χ4n) is 11.0. The van der Waals surface area contributed by atoms with Crippen molar-refractivity contribution in [3.63, 3.8) is 0 Å². The molecule has 0 spiro atoms. The number of nitrogens with two attached hydrogens (primary N) is 1. The number of primary amides is 1. The fourth-order valence-corrected chi connectivity index (χ4v) is 11.9. The lowest BCUT2D eigenvalue weighted by molar-refractivity contribution is -0.147. The predicted molar refractivity (Wildman–Crippen MR) is 339 cm³/mol. The van der Waals surface area contributed by atoms with Crippen LogP contribution in [0.15, 0.2) is 72.9 Å². The van der Waals surface area contributed by atoms with Crippen molar-refractivity contribution in [1.29, 1.82) is 0 Å². The summed E-state index contributed by atoms with van der Waals surface area (Å²) in [5.74, 6) is -9.83. The Morgan fingerprint density at radius 3 is 2.10 bits per heavy atom. The van der Waals surface area contributed by atoms with Gasteiger partial charge < -0.3 is 97.4 Å². The van der Waals surface area contributed by atoms with E-state index >= 15 is 0 Å². The van der Waals surface area contributed by atoms with Gasteiger partial charge in [-0.25, -0.2) is 9.78 Å². The van der Waals surface area contributed by atoms with Gasteiger partial charge in [0.2, 0.25) is 41.4 Å². The molecule has 0 bridgehead atoms. The van der Waals surface area contributed by atoms with Gasteiger partial charge in [0.15, 0.2) is 11.5 Å². The summed E-state index contributed by atoms with van der Waals surface area (Å²) in [6, 6.07) is 6.10. The number of carbonyl (C=O) groups excluding carboxylic acids is 9. The van der Waals surface area contributed by atoms with Crippen LogP contribution in [0.1, 0.15) is 102 Å². The van der Waals surface area contributed by atoms with Crippen LogP contribution in [0.4, 0.5) is 4.79 Å². The van der Waals surface area contributed by atoms with Gasteiger partial charge in [-0.3, -0.25) is 38.4 Å². The van der Waals surface area contributed by atoms with Crippen molar-refractivity contribution in [1.82, 2.24) is 46.7 Å². The molecule has 15 N–H and O–H groups in total. The molecule has 0 aliphatic carbocycles. The van der Waals surface area contributed by atoms with Gasteiger partial charge in [0, 0.05) is 68.7 Å². The average molecular weight is 1330 g/mol. The van der Waals surface area contributed by atoms with E-state index in [1.807, 2.05) is 24.3 Å². The number of ether oxygens (including phenoxy) is 3. The number of aliphatic hydroxyl groups excluding tert-OH is 6. The summed E-state index contributed by atoms with van der Waals surface area (Å²) in [7, 11) is 0. The molecule has 3 fully saturated rings. The number of unbranched alkanes of at least 4 members (excludes halogenated alkanes) is 2. The molecule has 3 aliphatic rings. The summed E-state index contributed by atoms with van der Waals surface area (Å²) in [5.41, 5.74) is 6.47. The van der Waals surface area contributed by atoms with E-state index in [0.29, 0.717) is 17.2 Å². The topological polar surface area (TPSA) is 440 Å². The molecule has 4 aromatic rings. The average Bonchev–Trinajstić information content (AvgIpc) is 1.62. The molecule has 4 heterocycles. The molecule has 94 heavy (non-hydrogen) atoms. The Morgan fingerprint density at radius 2 is 1.43 bits per heavy atom. The zero-order valence-electron chi connectivity index (χ0n) is 53.2. The molecule has 30 heteroatoms. The monoisotopic (exact) mass is 1330 g/mol. The number of benzene rings is 3. The molecule has 3 aliphatic heterocycles. The highest BCUT2D eigenvalue weighted by atomic mass is 32.1. The van der Waals surface area contributed by atoms with Gasteiger partial charge in [0.25, 0.3) is 5.91 Å². The van der Waals surface area contributed by atoms with Crippen molar-refractivity contribution in [2.45, 2.75) is 171 Å². The second-order valence-corrected chi connectivity index (χ2v) is 25.8. The Balaban J connectivity index is 1.17. The van der Waals surface area contributed by atoms with E-state index in [-0.39, 0.29) is 42.2 Å². The van der Waals surface area contributed by atoms with E-state index in [1.165, 1.54) is 48.6 Å². The standard InChI is InChI=1S/C64H86N10O19S/c1-7-8-9-22-91-41-18-16-36(17-19-41)48-30-68-60(94-48)38-14-12-37(13-15-38)55(83)69-42-26-39(76)29-67-59(87)53-54(82)33(2)31-74(53)62(89)52(46(80)28-49(65)81)72-58(86)51(71-57(85)43-27-40(77)32-73(43)61(88)50(34(3)75)70-56(42)84)45(79)24-35-11-20-44(78)47(25-35)92-23-10-21-66-63(90)93-64(4,5)6/h11-20,25,30,33-34,39-40,42-43,45-46,50-54,75-80,82H,7-10,21-24,26-29,31-32H2,1-6H3,(H2,65,81)(H,66,90)(H,67,87)(H,69,83)(H,70,84)(H,71,85)(H,72,86)/t33-,34+,39+,40+,42-,43-,45+,46+,50-,51-,52-,53-,54-/m0/s1. The van der Waals surface area contributed by atoms with Gasteiger partial charge in [0.05, 0.1) is 61.1 Å². The van der Waals surface area contributed by atoms with Crippen LogP contribution < -0.4 is 47.1 Å². The number of aromatic nitrogens is 1. The third kappa shape index (κ3) is 19.8. The van der Waals surface area contributed by atoms with Crippen LogP contribution in [-0.4, -0.2) is 222 Å². The van der Waals surface area contributed by atoms with Gasteiger partial charge in [-0.05, 0) is 100 Å². The predicted octanol–water partition coefficient (Wildman–Crippen LogP) is -0.131. The number of hydrogen-bond acceptors (Lipinski definition) is 21. The number of phenolic OH excluding ortho intramolecular Hbond substituents is 1. The minimum absolute atomic E-state index is 0.0285. The smallest absolute Gasteiger partial charge is 0.407 e. The third-order valence-corrected chi connectivity index (χ3v) is 17.0. The van der Waals surface area contributed by atoms with E-state index in [1.54, 1.807) is 39.1 Å². The number of nitrogens with one attached hydrogen (secondary N) is 6. The summed E-state index contributed by atoms with van der Waals surface area (Å²) >= 11 is 1.40. The lowest BCUT2D eigenvalue weighted by Gasteiger charge is -2.33. The molecule has 1 aromatic heterocycles. The van der Waals surface area contributed by atoms with Crippen molar-refractivity contribution in [2.24, 2.45) is 11.7 Å². The first-order chi connectivity index (χ1) is 44.5. The molecule has 0 radical (unpaired) electrons. The number of hydrogen-bond donors (Lipinski definition) is 14. The van der Waals surface area contributed by atoms with Gasteiger partial charge in [-0.2, -0.15) is 0 Å². The normalized spacial score (nSPS) is 24.4. The van der Waals surface area contributed by atoms with E-state index in [2.05, 4.69) is 43.8 Å². The second kappa shape index (κ2) is 33.0. The SMILES string of the molecule is CCCCCOc1ccc(-c2cnc(-c3ccc(C(=O)N[C@H]4C[C@@H](O)CNC(=O)[C@@H]5[C@@H](O)[C@@H](C)CN5C(=O)[C@H]([C@H](O)CC(N)=O)NC(=O)[C@H]([C@H](O)Cc5ccc(O)c(OCCCNC(=O)OC(C)(C)C)c5)NC(=O)[C@@H]5C[C@@H](O)CN5C(=O)[C@H]([C@@H](C)O)NC4=O)cc3)s2)cc1. The number of fused-ring (bicyclic) bond motifs is 2. The summed E-state index contributed by atoms with van der Waals surface area (Å²) < 4.78 is 16.8. The van der Waals surface area contributed by atoms with E-state index in [4.69, 9.17) is 19.9 Å². The van der Waals surface area contributed by atoms with Crippen molar-refractivity contribution < 1.29 is 93.1 Å². The number of rotatable bonds is 21. The number of alkyl carbamates (subject to hydrolysis) is 1. The number of aliphatic hydroxyl groups is 6. The maximum absolute atomic E-state index is 14.8. The number of nitrogens with zero attached hydrogens (tertiary/aromatic N) is 3. The fraction of sp³-hybridized carbons (Fsp3) is 0.531. The first-order valence-corrected chi connectivity index (χ1v) is 32.0. The lowest BCUT2D eigenvalue weighted by atomic mass is 9.98. The summed E-state index contributed by atoms with van der Waals surface area (Å²) in [4.78, 5) is 133. The Labute approximate surface area is 547 Å².